The van der Waals surface area contributed by atoms with Crippen LogP contribution in [0.25, 0.3) is 0 Å². The Hall–Kier alpha value is -1.35. The lowest BCUT2D eigenvalue weighted by molar-refractivity contribution is -0.129. The summed E-state index contributed by atoms with van der Waals surface area (Å²) in [6, 6.07) is 9.95. The van der Waals surface area contributed by atoms with E-state index in [1.165, 1.54) is 0 Å². The second-order valence-corrected chi connectivity index (χ2v) is 4.37. The van der Waals surface area contributed by atoms with Crippen molar-refractivity contribution in [3.05, 3.63) is 35.9 Å². The summed E-state index contributed by atoms with van der Waals surface area (Å²) in [5.74, 6) is 0.210. The molecule has 0 heterocycles. The van der Waals surface area contributed by atoms with Crippen LogP contribution in [0, 0.1) is 0 Å². The van der Waals surface area contributed by atoms with Crippen LogP contribution in [0.15, 0.2) is 30.3 Å². The van der Waals surface area contributed by atoms with E-state index in [9.17, 15) is 4.79 Å². The minimum atomic E-state index is -0.0219. The summed E-state index contributed by atoms with van der Waals surface area (Å²) in [6.45, 7) is 1.95. The van der Waals surface area contributed by atoms with Crippen molar-refractivity contribution in [2.24, 2.45) is 5.73 Å². The van der Waals surface area contributed by atoms with Crippen molar-refractivity contribution in [3.63, 3.8) is 0 Å². The minimum Gasteiger partial charge on any atom is -0.349 e. The van der Waals surface area contributed by atoms with Crippen molar-refractivity contribution in [1.82, 2.24) is 4.90 Å². The molecule has 1 amide bonds. The maximum absolute atomic E-state index is 11.7. The van der Waals surface area contributed by atoms with Crippen LogP contribution in [-0.2, 0) is 4.79 Å². The summed E-state index contributed by atoms with van der Waals surface area (Å²) in [7, 11) is 3.54. The van der Waals surface area contributed by atoms with E-state index in [1.54, 1.807) is 19.0 Å². The molecule has 0 saturated carbocycles. The first-order valence-electron chi connectivity index (χ1n) is 5.53. The highest BCUT2D eigenvalue weighted by Gasteiger charge is 2.20. The zero-order chi connectivity index (χ0) is 12.1. The van der Waals surface area contributed by atoms with Crippen molar-refractivity contribution in [1.29, 1.82) is 0 Å². The molecular weight excluding hydrogens is 200 g/mol. The predicted octanol–water partition coefficient (Wildman–Crippen LogP) is 1.60. The number of hydrogen-bond donors (Lipinski definition) is 1. The van der Waals surface area contributed by atoms with Crippen molar-refractivity contribution in [2.45, 2.75) is 25.3 Å². The lowest BCUT2D eigenvalue weighted by Crippen LogP contribution is -2.31. The molecule has 0 saturated heterocycles. The molecule has 1 rings (SSSR count). The molecule has 3 nitrogen and oxygen atoms in total. The normalized spacial score (nSPS) is 14.2. The number of hydrogen-bond acceptors (Lipinski definition) is 2. The molecule has 0 aliphatic rings. The Bertz CT molecular complexity index is 333. The van der Waals surface area contributed by atoms with Gasteiger partial charge < -0.3 is 10.6 Å². The maximum atomic E-state index is 11.7. The third kappa shape index (κ3) is 3.35. The molecule has 0 aliphatic heterocycles. The zero-order valence-corrected chi connectivity index (χ0v) is 10.2. The van der Waals surface area contributed by atoms with Crippen LogP contribution in [0.3, 0.4) is 0 Å². The number of nitrogens with zero attached hydrogens (tertiary/aromatic N) is 1. The van der Waals surface area contributed by atoms with Gasteiger partial charge >= 0.3 is 0 Å². The Kier molecular flexibility index (Phi) is 4.50. The number of rotatable bonds is 4. The number of carbonyl (C=O) groups is 1. The van der Waals surface area contributed by atoms with Gasteiger partial charge in [0, 0.05) is 32.5 Å². The zero-order valence-electron chi connectivity index (χ0n) is 10.2. The van der Waals surface area contributed by atoms with E-state index in [0.29, 0.717) is 6.42 Å². The summed E-state index contributed by atoms with van der Waals surface area (Å²) in [5.41, 5.74) is 7.08. The molecule has 1 aromatic carbocycles. The lowest BCUT2D eigenvalue weighted by Gasteiger charge is -2.22. The standard InChI is InChI=1S/C13H20N2O/c1-10(14)12(9-13(16)15(2)3)11-7-5-4-6-8-11/h4-8,10,12H,9,14H2,1-3H3/t10-,12-/m1/s1. The van der Waals surface area contributed by atoms with E-state index in [-0.39, 0.29) is 17.9 Å². The molecule has 16 heavy (non-hydrogen) atoms. The smallest absolute Gasteiger partial charge is 0.222 e. The number of benzene rings is 1. The van der Waals surface area contributed by atoms with Gasteiger partial charge in [-0.25, -0.2) is 0 Å². The van der Waals surface area contributed by atoms with Gasteiger partial charge in [0.25, 0.3) is 0 Å². The average Bonchev–Trinajstić information content (AvgIpc) is 2.26. The molecule has 0 spiro atoms. The van der Waals surface area contributed by atoms with Crippen LogP contribution in [0.4, 0.5) is 0 Å². The summed E-state index contributed by atoms with van der Waals surface area (Å²) in [4.78, 5) is 13.3. The van der Waals surface area contributed by atoms with Gasteiger partial charge in [-0.3, -0.25) is 4.79 Å². The minimum absolute atomic E-state index is 0.0219. The highest BCUT2D eigenvalue weighted by Crippen LogP contribution is 2.22. The first-order valence-corrected chi connectivity index (χ1v) is 5.53. The van der Waals surface area contributed by atoms with Gasteiger partial charge in [-0.2, -0.15) is 0 Å². The Morgan fingerprint density at radius 2 is 1.88 bits per heavy atom. The molecule has 3 heteroatoms. The monoisotopic (exact) mass is 220 g/mol. The Balaban J connectivity index is 2.81. The summed E-state index contributed by atoms with van der Waals surface area (Å²) in [6.07, 6.45) is 0.467. The van der Waals surface area contributed by atoms with Gasteiger partial charge in [0.2, 0.25) is 5.91 Å². The molecule has 0 bridgehead atoms. The average molecular weight is 220 g/mol. The lowest BCUT2D eigenvalue weighted by atomic mass is 9.89. The Morgan fingerprint density at radius 3 is 2.31 bits per heavy atom. The van der Waals surface area contributed by atoms with Crippen LogP contribution in [0.5, 0.6) is 0 Å². The SMILES string of the molecule is C[C@@H](N)[C@@H](CC(=O)N(C)C)c1ccccc1. The molecular formula is C13H20N2O. The van der Waals surface area contributed by atoms with Crippen molar-refractivity contribution >= 4 is 5.91 Å². The van der Waals surface area contributed by atoms with Gasteiger partial charge in [-0.05, 0) is 12.5 Å². The predicted molar refractivity (Wildman–Crippen MR) is 66.1 cm³/mol. The van der Waals surface area contributed by atoms with E-state index in [4.69, 9.17) is 5.73 Å². The molecule has 2 atom stereocenters. The van der Waals surface area contributed by atoms with E-state index >= 15 is 0 Å². The van der Waals surface area contributed by atoms with Gasteiger partial charge in [0.05, 0.1) is 0 Å². The highest BCUT2D eigenvalue weighted by atomic mass is 16.2. The van der Waals surface area contributed by atoms with Crippen molar-refractivity contribution < 1.29 is 4.79 Å². The Labute approximate surface area is 97.2 Å². The quantitative estimate of drug-likeness (QED) is 0.837. The number of nitrogens with two attached hydrogens (primary N) is 1. The van der Waals surface area contributed by atoms with E-state index < -0.39 is 0 Å². The van der Waals surface area contributed by atoms with Crippen LogP contribution >= 0.6 is 0 Å². The van der Waals surface area contributed by atoms with Gasteiger partial charge in [0.1, 0.15) is 0 Å². The molecule has 1 aromatic rings. The molecule has 0 fully saturated rings. The molecule has 88 valence electrons. The fourth-order valence-corrected chi connectivity index (χ4v) is 1.68. The van der Waals surface area contributed by atoms with Crippen LogP contribution in [0.2, 0.25) is 0 Å². The highest BCUT2D eigenvalue weighted by molar-refractivity contribution is 5.76. The topological polar surface area (TPSA) is 46.3 Å². The molecule has 2 N–H and O–H groups in total. The van der Waals surface area contributed by atoms with E-state index in [0.717, 1.165) is 5.56 Å². The molecule has 0 unspecified atom stereocenters. The van der Waals surface area contributed by atoms with Gasteiger partial charge in [-0.15, -0.1) is 0 Å². The van der Waals surface area contributed by atoms with Crippen LogP contribution in [-0.4, -0.2) is 30.9 Å². The fraction of sp³-hybridized carbons (Fsp3) is 0.462. The molecule has 0 aromatic heterocycles. The number of carbonyl (C=O) groups excluding carboxylic acids is 1. The second kappa shape index (κ2) is 5.66. The third-order valence-corrected chi connectivity index (χ3v) is 2.76. The summed E-state index contributed by atoms with van der Waals surface area (Å²) < 4.78 is 0. The largest absolute Gasteiger partial charge is 0.349 e. The van der Waals surface area contributed by atoms with E-state index in [1.807, 2.05) is 37.3 Å². The molecule has 0 radical (unpaired) electrons. The second-order valence-electron chi connectivity index (χ2n) is 4.37. The third-order valence-electron chi connectivity index (χ3n) is 2.76. The maximum Gasteiger partial charge on any atom is 0.222 e. The first-order chi connectivity index (χ1) is 7.52. The Morgan fingerprint density at radius 1 is 1.31 bits per heavy atom. The van der Waals surface area contributed by atoms with Crippen molar-refractivity contribution in [3.8, 4) is 0 Å². The number of amides is 1. The van der Waals surface area contributed by atoms with Crippen molar-refractivity contribution in [2.75, 3.05) is 14.1 Å². The fourth-order valence-electron chi connectivity index (χ4n) is 1.68. The van der Waals surface area contributed by atoms with Gasteiger partial charge in [0.15, 0.2) is 0 Å². The van der Waals surface area contributed by atoms with E-state index in [2.05, 4.69) is 0 Å². The van der Waals surface area contributed by atoms with Gasteiger partial charge in [-0.1, -0.05) is 30.3 Å². The van der Waals surface area contributed by atoms with Crippen LogP contribution in [0.1, 0.15) is 24.8 Å². The molecule has 0 aliphatic carbocycles. The van der Waals surface area contributed by atoms with Crippen LogP contribution < -0.4 is 5.73 Å². The summed E-state index contributed by atoms with van der Waals surface area (Å²) in [5, 5.41) is 0. The first kappa shape index (κ1) is 12.7. The summed E-state index contributed by atoms with van der Waals surface area (Å²) >= 11 is 0.